The number of likely N-dealkylation sites (N-methyl/N-ethyl adjacent to an activating group) is 1. The van der Waals surface area contributed by atoms with Crippen molar-refractivity contribution in [3.8, 4) is 29.6 Å². The molecule has 0 spiro atoms. The molecule has 12 heteroatoms. The quantitative estimate of drug-likeness (QED) is 0.206. The third-order valence-electron chi connectivity index (χ3n) is 10.5. The largest absolute Gasteiger partial charge is 0.461 e. The van der Waals surface area contributed by atoms with Crippen LogP contribution < -0.4 is 9.64 Å². The molecular weight excluding hydrogens is 633 g/mol. The SMILES string of the molecule is C#Cc1c(F)ccc2cccc(-c3ncc4c(N(C)[C@@H]5CCN(C(=O)C=C)[C@@H]5[C@H](C)O)nc(OC[C@@]56CCCN5C[C@H](F)C6)nc4c3F)c12. The van der Waals surface area contributed by atoms with E-state index >= 15 is 4.39 Å². The maximum absolute atomic E-state index is 16.9. The highest BCUT2D eigenvalue weighted by Crippen LogP contribution is 2.41. The number of rotatable bonds is 8. The number of terminal acetylenes is 1. The van der Waals surface area contributed by atoms with Crippen LogP contribution in [-0.4, -0.2) is 99.0 Å². The summed E-state index contributed by atoms with van der Waals surface area (Å²) in [6.45, 7) is 6.83. The van der Waals surface area contributed by atoms with E-state index < -0.39 is 41.5 Å². The third kappa shape index (κ3) is 5.45. The van der Waals surface area contributed by atoms with E-state index in [9.17, 15) is 18.7 Å². The number of alkyl halides is 1. The van der Waals surface area contributed by atoms with E-state index in [-0.39, 0.29) is 46.5 Å². The molecule has 3 saturated heterocycles. The number of carbonyl (C=O) groups is 1. The molecule has 0 bridgehead atoms. The van der Waals surface area contributed by atoms with E-state index in [0.717, 1.165) is 19.4 Å². The van der Waals surface area contributed by atoms with E-state index in [1.165, 1.54) is 18.3 Å². The fraction of sp³-hybridized carbons (Fsp3) is 0.405. The number of pyridine rings is 1. The molecule has 0 radical (unpaired) electrons. The van der Waals surface area contributed by atoms with Crippen LogP contribution in [0.1, 0.15) is 38.2 Å². The van der Waals surface area contributed by atoms with Gasteiger partial charge in [-0.25, -0.2) is 13.2 Å². The Kier molecular flexibility index (Phi) is 8.45. The van der Waals surface area contributed by atoms with E-state index in [0.29, 0.717) is 42.3 Å². The number of hydrogen-bond donors (Lipinski definition) is 1. The number of amides is 1. The van der Waals surface area contributed by atoms with Crippen molar-refractivity contribution in [2.45, 2.75) is 62.5 Å². The Morgan fingerprint density at radius 2 is 2.10 bits per heavy atom. The summed E-state index contributed by atoms with van der Waals surface area (Å²) in [6, 6.07) is 6.83. The summed E-state index contributed by atoms with van der Waals surface area (Å²) >= 11 is 0. The predicted molar refractivity (Wildman–Crippen MR) is 181 cm³/mol. The van der Waals surface area contributed by atoms with Crippen molar-refractivity contribution in [2.24, 2.45) is 0 Å². The molecule has 7 rings (SSSR count). The first-order valence-electron chi connectivity index (χ1n) is 16.5. The Morgan fingerprint density at radius 3 is 2.86 bits per heavy atom. The molecule has 5 atom stereocenters. The van der Waals surface area contributed by atoms with Gasteiger partial charge in [-0.2, -0.15) is 9.97 Å². The second-order valence-corrected chi connectivity index (χ2v) is 13.3. The van der Waals surface area contributed by atoms with Gasteiger partial charge in [0.15, 0.2) is 5.82 Å². The monoisotopic (exact) mass is 670 g/mol. The Hall–Kier alpha value is -4.73. The molecule has 1 N–H and O–H groups in total. The molecule has 49 heavy (non-hydrogen) atoms. The van der Waals surface area contributed by atoms with Crippen molar-refractivity contribution in [3.05, 3.63) is 66.4 Å². The molecule has 2 aromatic carbocycles. The minimum absolute atomic E-state index is 0.00587. The van der Waals surface area contributed by atoms with Crippen molar-refractivity contribution in [1.82, 2.24) is 24.8 Å². The lowest BCUT2D eigenvalue weighted by atomic mass is 9.95. The highest BCUT2D eigenvalue weighted by Gasteiger charge is 2.49. The summed E-state index contributed by atoms with van der Waals surface area (Å²) < 4.78 is 52.5. The fourth-order valence-electron chi connectivity index (χ4n) is 8.22. The van der Waals surface area contributed by atoms with Gasteiger partial charge in [-0.05, 0) is 50.3 Å². The number of carbonyl (C=O) groups excluding carboxylic acids is 1. The fourth-order valence-corrected chi connectivity index (χ4v) is 8.22. The Labute approximate surface area is 282 Å². The minimum Gasteiger partial charge on any atom is -0.461 e. The zero-order valence-electron chi connectivity index (χ0n) is 27.4. The normalized spacial score (nSPS) is 24.3. The van der Waals surface area contributed by atoms with Crippen LogP contribution in [0.3, 0.4) is 0 Å². The molecule has 0 aliphatic carbocycles. The number of fused-ring (bicyclic) bond motifs is 3. The maximum Gasteiger partial charge on any atom is 0.319 e. The lowest BCUT2D eigenvalue weighted by Gasteiger charge is -2.35. The number of aliphatic hydroxyl groups excluding tert-OH is 1. The number of nitrogens with zero attached hydrogens (tertiary/aromatic N) is 6. The number of ether oxygens (including phenoxy) is 1. The van der Waals surface area contributed by atoms with Gasteiger partial charge in [-0.1, -0.05) is 36.8 Å². The molecule has 254 valence electrons. The van der Waals surface area contributed by atoms with Crippen molar-refractivity contribution in [2.75, 3.05) is 38.2 Å². The molecule has 4 aromatic rings. The molecule has 1 amide bonds. The van der Waals surface area contributed by atoms with Gasteiger partial charge >= 0.3 is 6.01 Å². The molecule has 9 nitrogen and oxygen atoms in total. The smallest absolute Gasteiger partial charge is 0.319 e. The van der Waals surface area contributed by atoms with Crippen LogP contribution in [0.2, 0.25) is 0 Å². The zero-order chi connectivity index (χ0) is 34.6. The van der Waals surface area contributed by atoms with Crippen molar-refractivity contribution < 1.29 is 27.8 Å². The second kappa shape index (κ2) is 12.6. The van der Waals surface area contributed by atoms with E-state index in [4.69, 9.17) is 16.1 Å². The number of hydrogen-bond acceptors (Lipinski definition) is 8. The van der Waals surface area contributed by atoms with E-state index in [1.807, 2.05) is 0 Å². The highest BCUT2D eigenvalue weighted by atomic mass is 19.1. The summed E-state index contributed by atoms with van der Waals surface area (Å²) in [5.41, 5.74) is -0.383. The van der Waals surface area contributed by atoms with Gasteiger partial charge in [0.25, 0.3) is 0 Å². The van der Waals surface area contributed by atoms with Crippen molar-refractivity contribution >= 4 is 33.4 Å². The lowest BCUT2D eigenvalue weighted by Crippen LogP contribution is -2.51. The first kappa shape index (κ1) is 32.8. The summed E-state index contributed by atoms with van der Waals surface area (Å²) in [7, 11) is 1.76. The Morgan fingerprint density at radius 1 is 1.29 bits per heavy atom. The number of benzene rings is 2. The first-order valence-corrected chi connectivity index (χ1v) is 16.5. The molecular formula is C37H37F3N6O3. The van der Waals surface area contributed by atoms with Gasteiger partial charge < -0.3 is 19.6 Å². The van der Waals surface area contributed by atoms with Crippen molar-refractivity contribution in [1.29, 1.82) is 0 Å². The van der Waals surface area contributed by atoms with Crippen LogP contribution in [0.5, 0.6) is 6.01 Å². The van der Waals surface area contributed by atoms with Gasteiger partial charge in [0.2, 0.25) is 5.91 Å². The molecule has 0 saturated carbocycles. The molecule has 3 fully saturated rings. The van der Waals surface area contributed by atoms with Gasteiger partial charge in [-0.3, -0.25) is 14.7 Å². The molecule has 5 heterocycles. The molecule has 0 unspecified atom stereocenters. The van der Waals surface area contributed by atoms with Crippen LogP contribution in [0.4, 0.5) is 19.0 Å². The first-order chi connectivity index (χ1) is 23.6. The standard InChI is InChI=1S/C37H37F3N6O3/c1-5-24-27(39)12-11-22-9-7-10-25(30(22)24)32-31(40)33-26(18-41-32)35(44(4)28-13-16-46(29(48)6-2)34(28)21(3)47)43-36(42-33)49-20-37-14-8-15-45(37)19-23(38)17-37/h1,6-7,9-12,18,21,23,28,34,47H,2,8,13-17,19-20H2,3-4H3/t21-,23+,28+,34+,37-/m0/s1. The average Bonchev–Trinajstić information content (AvgIpc) is 3.79. The van der Waals surface area contributed by atoms with Gasteiger partial charge in [0.05, 0.1) is 34.7 Å². The van der Waals surface area contributed by atoms with Crippen LogP contribution in [0, 0.1) is 24.0 Å². The average molecular weight is 671 g/mol. The van der Waals surface area contributed by atoms with Crippen LogP contribution in [-0.2, 0) is 4.79 Å². The summed E-state index contributed by atoms with van der Waals surface area (Å²) in [5.74, 6) is 0.979. The Bertz CT molecular complexity index is 2020. The summed E-state index contributed by atoms with van der Waals surface area (Å²) in [6.07, 6.45) is 9.01. The Balaban J connectivity index is 1.37. The van der Waals surface area contributed by atoms with Gasteiger partial charge in [0.1, 0.15) is 35.6 Å². The van der Waals surface area contributed by atoms with Gasteiger partial charge in [0, 0.05) is 43.7 Å². The van der Waals surface area contributed by atoms with Crippen LogP contribution in [0.15, 0.2) is 49.2 Å². The number of aliphatic hydroxyl groups is 1. The molecule has 2 aromatic heterocycles. The highest BCUT2D eigenvalue weighted by molar-refractivity contribution is 6.02. The third-order valence-corrected chi connectivity index (χ3v) is 10.5. The van der Waals surface area contributed by atoms with E-state index in [1.54, 1.807) is 48.0 Å². The number of aromatic nitrogens is 3. The van der Waals surface area contributed by atoms with E-state index in [2.05, 4.69) is 27.4 Å². The predicted octanol–water partition coefficient (Wildman–Crippen LogP) is 5.03. The molecule has 3 aliphatic heterocycles. The zero-order valence-corrected chi connectivity index (χ0v) is 27.4. The minimum atomic E-state index is -0.964. The van der Waals surface area contributed by atoms with Crippen LogP contribution >= 0.6 is 0 Å². The number of likely N-dealkylation sites (tertiary alicyclic amines) is 1. The number of halogens is 3. The summed E-state index contributed by atoms with van der Waals surface area (Å²) in [5, 5.41) is 12.0. The topological polar surface area (TPSA) is 94.9 Å². The molecule has 3 aliphatic rings. The van der Waals surface area contributed by atoms with Gasteiger partial charge in [-0.15, -0.1) is 6.42 Å². The van der Waals surface area contributed by atoms with Crippen molar-refractivity contribution in [3.63, 3.8) is 0 Å². The lowest BCUT2D eigenvalue weighted by molar-refractivity contribution is -0.128. The second-order valence-electron chi connectivity index (χ2n) is 13.3. The summed E-state index contributed by atoms with van der Waals surface area (Å²) in [4.78, 5) is 32.0. The van der Waals surface area contributed by atoms with Crippen LogP contribution in [0.25, 0.3) is 32.9 Å². The maximum atomic E-state index is 16.9. The number of anilines is 1.